The molecule has 0 fully saturated rings. The minimum Gasteiger partial charge on any atom is -0.460 e. The normalized spacial score (nSPS) is 13.4. The third-order valence-corrected chi connectivity index (χ3v) is 5.34. The Bertz CT molecular complexity index is 917. The summed E-state index contributed by atoms with van der Waals surface area (Å²) in [5, 5.41) is 11.5. The first-order valence-electron chi connectivity index (χ1n) is 12.7. The van der Waals surface area contributed by atoms with Crippen molar-refractivity contribution in [2.24, 2.45) is 17.1 Å². The van der Waals surface area contributed by atoms with Gasteiger partial charge in [0.1, 0.15) is 12.6 Å². The topological polar surface area (TPSA) is 152 Å². The summed E-state index contributed by atoms with van der Waals surface area (Å²) in [6, 6.07) is 4.99. The second kappa shape index (κ2) is 14.0. The van der Waals surface area contributed by atoms with Crippen LogP contribution >= 0.6 is 0 Å². The molecule has 0 aliphatic rings. The lowest BCUT2D eigenvalue weighted by Gasteiger charge is -2.31. The lowest BCUT2D eigenvalue weighted by Crippen LogP contribution is -2.57. The zero-order valence-corrected chi connectivity index (χ0v) is 23.5. The van der Waals surface area contributed by atoms with E-state index in [1.165, 1.54) is 0 Å². The lowest BCUT2D eigenvalue weighted by atomic mass is 9.97. The first-order chi connectivity index (χ1) is 17.0. The highest BCUT2D eigenvalue weighted by Crippen LogP contribution is 2.18. The fourth-order valence-corrected chi connectivity index (χ4v) is 3.33. The van der Waals surface area contributed by atoms with E-state index in [4.69, 9.17) is 10.5 Å². The summed E-state index contributed by atoms with van der Waals surface area (Å²) in [7, 11) is 0. The van der Waals surface area contributed by atoms with Gasteiger partial charge in [0.2, 0.25) is 11.8 Å². The molecule has 0 spiro atoms. The van der Waals surface area contributed by atoms with Crippen LogP contribution in [0.1, 0.15) is 73.8 Å². The van der Waals surface area contributed by atoms with Gasteiger partial charge in [0.05, 0.1) is 11.5 Å². The van der Waals surface area contributed by atoms with Crippen LogP contribution in [0.5, 0.6) is 0 Å². The molecule has 6 N–H and O–H groups in total. The predicted molar refractivity (Wildman–Crippen MR) is 145 cm³/mol. The van der Waals surface area contributed by atoms with Crippen molar-refractivity contribution in [1.29, 1.82) is 0 Å². The van der Waals surface area contributed by atoms with Gasteiger partial charge < -0.3 is 31.7 Å². The zero-order chi connectivity index (χ0) is 28.4. The molecule has 208 valence electrons. The van der Waals surface area contributed by atoms with Crippen LogP contribution < -0.4 is 27.0 Å². The molecule has 0 bridgehead atoms. The number of hydrogen-bond donors (Lipinski definition) is 5. The van der Waals surface area contributed by atoms with Gasteiger partial charge in [-0.25, -0.2) is 4.79 Å². The molecule has 0 aliphatic carbocycles. The molecule has 0 saturated carbocycles. The average molecular weight is 520 g/mol. The summed E-state index contributed by atoms with van der Waals surface area (Å²) in [6.07, 6.45) is 0.747. The van der Waals surface area contributed by atoms with E-state index in [0.29, 0.717) is 18.5 Å². The van der Waals surface area contributed by atoms with Crippen molar-refractivity contribution in [3.63, 3.8) is 0 Å². The number of primary amides is 1. The molecule has 1 aromatic carbocycles. The number of carbonyl (C=O) groups is 4. The maximum absolute atomic E-state index is 13.1. The molecular formula is C27H45N5O5. The number of anilines is 1. The maximum Gasteiger partial charge on any atom is 0.312 e. The van der Waals surface area contributed by atoms with Crippen LogP contribution in [0.25, 0.3) is 0 Å². The number of nitrogens with one attached hydrogen (secondary N) is 4. The number of urea groups is 1. The number of hydrogen-bond acceptors (Lipinski definition) is 6. The van der Waals surface area contributed by atoms with E-state index >= 15 is 0 Å². The molecule has 2 atom stereocenters. The van der Waals surface area contributed by atoms with E-state index in [-0.39, 0.29) is 42.4 Å². The van der Waals surface area contributed by atoms with Crippen molar-refractivity contribution in [2.75, 3.05) is 11.9 Å². The number of carbonyl (C=O) groups excluding carboxylic acids is 4. The molecular weight excluding hydrogens is 474 g/mol. The first-order valence-corrected chi connectivity index (χ1v) is 12.7. The van der Waals surface area contributed by atoms with E-state index in [1.54, 1.807) is 45.0 Å². The smallest absolute Gasteiger partial charge is 0.312 e. The Hall–Kier alpha value is -3.14. The van der Waals surface area contributed by atoms with Gasteiger partial charge in [-0.3, -0.25) is 14.4 Å². The highest BCUT2D eigenvalue weighted by molar-refractivity contribution is 5.97. The van der Waals surface area contributed by atoms with Crippen molar-refractivity contribution >= 4 is 29.5 Å². The number of nitrogens with two attached hydrogens (primary N) is 1. The third-order valence-electron chi connectivity index (χ3n) is 5.34. The average Bonchev–Trinajstić information content (AvgIpc) is 2.77. The fraction of sp³-hybridized carbons (Fsp3) is 0.630. The van der Waals surface area contributed by atoms with Crippen LogP contribution in [-0.2, 0) is 25.7 Å². The van der Waals surface area contributed by atoms with E-state index in [2.05, 4.69) is 21.3 Å². The van der Waals surface area contributed by atoms with Gasteiger partial charge in [-0.05, 0) is 78.0 Å². The Morgan fingerprint density at radius 3 is 2.03 bits per heavy atom. The number of amides is 4. The van der Waals surface area contributed by atoms with Crippen molar-refractivity contribution in [3.05, 3.63) is 29.8 Å². The van der Waals surface area contributed by atoms with Crippen LogP contribution in [0.4, 0.5) is 10.5 Å². The summed E-state index contributed by atoms with van der Waals surface area (Å²) in [4.78, 5) is 49.2. The summed E-state index contributed by atoms with van der Waals surface area (Å²) >= 11 is 0. The molecule has 0 heterocycles. The van der Waals surface area contributed by atoms with Gasteiger partial charge in [-0.15, -0.1) is 0 Å². The Kier molecular flexibility index (Phi) is 12.0. The van der Waals surface area contributed by atoms with Gasteiger partial charge in [0.25, 0.3) is 0 Å². The van der Waals surface area contributed by atoms with Gasteiger partial charge in [0.15, 0.2) is 0 Å². The highest BCUT2D eigenvalue weighted by atomic mass is 16.5. The molecule has 4 amide bonds. The minimum absolute atomic E-state index is 0.000562. The second-order valence-electron chi connectivity index (χ2n) is 11.6. The maximum atomic E-state index is 13.1. The van der Waals surface area contributed by atoms with Crippen molar-refractivity contribution in [1.82, 2.24) is 16.0 Å². The molecule has 0 saturated heterocycles. The number of benzene rings is 1. The first kappa shape index (κ1) is 31.9. The molecule has 37 heavy (non-hydrogen) atoms. The second-order valence-corrected chi connectivity index (χ2v) is 11.6. The molecule has 10 nitrogen and oxygen atoms in total. The van der Waals surface area contributed by atoms with Gasteiger partial charge in [-0.1, -0.05) is 26.0 Å². The van der Waals surface area contributed by atoms with Gasteiger partial charge >= 0.3 is 12.0 Å². The van der Waals surface area contributed by atoms with Crippen LogP contribution in [-0.4, -0.2) is 48.0 Å². The van der Waals surface area contributed by atoms with Crippen LogP contribution in [0.15, 0.2) is 24.3 Å². The largest absolute Gasteiger partial charge is 0.460 e. The predicted octanol–water partition coefficient (Wildman–Crippen LogP) is 3.06. The zero-order valence-electron chi connectivity index (χ0n) is 23.5. The standard InChI is InChI=1S/C27H45N5O5/c1-17(2)21(32-27(6,7)8)23(34)31-20(10-9-15-29-25(28)36)22(33)30-19-13-11-18(12-14-19)16-37-24(35)26(3,4)5/h11-14,17,20-21,32H,9-10,15-16H2,1-8H3,(H,30,33)(H,31,34)(H3,28,29,36)/t20-,21?/m0/s1. The molecule has 1 rings (SSSR count). The number of esters is 1. The summed E-state index contributed by atoms with van der Waals surface area (Å²) in [5.41, 5.74) is 5.56. The molecule has 0 aromatic heterocycles. The van der Waals surface area contributed by atoms with E-state index < -0.39 is 23.5 Å². The molecule has 1 aromatic rings. The van der Waals surface area contributed by atoms with Gasteiger partial charge in [-0.2, -0.15) is 0 Å². The summed E-state index contributed by atoms with van der Waals surface area (Å²) in [5.74, 6) is -0.948. The third kappa shape index (κ3) is 12.6. The van der Waals surface area contributed by atoms with Gasteiger partial charge in [0, 0.05) is 17.8 Å². The summed E-state index contributed by atoms with van der Waals surface area (Å²) in [6.45, 7) is 15.6. The highest BCUT2D eigenvalue weighted by Gasteiger charge is 2.30. The van der Waals surface area contributed by atoms with Crippen molar-refractivity contribution in [2.45, 2.75) is 92.5 Å². The fourth-order valence-electron chi connectivity index (χ4n) is 3.33. The molecule has 0 radical (unpaired) electrons. The Morgan fingerprint density at radius 1 is 0.946 bits per heavy atom. The molecule has 10 heteroatoms. The SMILES string of the molecule is CC(C)C(NC(C)(C)C)C(=O)N[C@@H](CCCNC(N)=O)C(=O)Nc1ccc(COC(=O)C(C)(C)C)cc1. The van der Waals surface area contributed by atoms with E-state index in [1.807, 2.05) is 34.6 Å². The number of rotatable bonds is 12. The van der Waals surface area contributed by atoms with E-state index in [0.717, 1.165) is 5.56 Å². The Balaban J connectivity index is 2.90. The van der Waals surface area contributed by atoms with Crippen LogP contribution in [0, 0.1) is 11.3 Å². The monoisotopic (exact) mass is 519 g/mol. The Morgan fingerprint density at radius 2 is 1.54 bits per heavy atom. The number of ether oxygens (including phenoxy) is 1. The van der Waals surface area contributed by atoms with E-state index in [9.17, 15) is 19.2 Å². The van der Waals surface area contributed by atoms with Crippen molar-refractivity contribution in [3.8, 4) is 0 Å². The Labute approximate surface area is 220 Å². The summed E-state index contributed by atoms with van der Waals surface area (Å²) < 4.78 is 5.32. The quantitative estimate of drug-likeness (QED) is 0.211. The lowest BCUT2D eigenvalue weighted by molar-refractivity contribution is -0.154. The molecule has 1 unspecified atom stereocenters. The van der Waals surface area contributed by atoms with Crippen molar-refractivity contribution < 1.29 is 23.9 Å². The minimum atomic E-state index is -0.822. The van der Waals surface area contributed by atoms with Crippen LogP contribution in [0.3, 0.4) is 0 Å². The van der Waals surface area contributed by atoms with Crippen LogP contribution in [0.2, 0.25) is 0 Å². The molecule has 0 aliphatic heterocycles.